The van der Waals surface area contributed by atoms with Crippen LogP contribution in [0.2, 0.25) is 0 Å². The van der Waals surface area contributed by atoms with Crippen LogP contribution in [-0.2, 0) is 6.42 Å². The molecule has 0 aliphatic rings. The van der Waals surface area contributed by atoms with Gasteiger partial charge in [0, 0.05) is 34.9 Å². The molecule has 0 amide bonds. The summed E-state index contributed by atoms with van der Waals surface area (Å²) in [5.74, 6) is 1.26. The van der Waals surface area contributed by atoms with E-state index in [4.69, 9.17) is 4.52 Å². The van der Waals surface area contributed by atoms with E-state index in [2.05, 4.69) is 50.2 Å². The van der Waals surface area contributed by atoms with E-state index in [0.717, 1.165) is 42.3 Å². The number of hydrogen-bond donors (Lipinski definition) is 1. The van der Waals surface area contributed by atoms with E-state index in [1.54, 1.807) is 12.4 Å². The molecule has 0 saturated carbocycles. The molecule has 2 aromatic heterocycles. The number of nitrogens with zero attached hydrogens (tertiary/aromatic N) is 3. The zero-order valence-electron chi connectivity index (χ0n) is 12.5. The van der Waals surface area contributed by atoms with Gasteiger partial charge >= 0.3 is 0 Å². The van der Waals surface area contributed by atoms with Crippen molar-refractivity contribution >= 4 is 15.9 Å². The van der Waals surface area contributed by atoms with E-state index in [1.807, 2.05) is 6.07 Å². The molecule has 0 spiro atoms. The number of rotatable bonds is 8. The maximum atomic E-state index is 5.37. The Hall–Kier alpha value is -1.27. The van der Waals surface area contributed by atoms with Gasteiger partial charge in [0.2, 0.25) is 11.7 Å². The minimum absolute atomic E-state index is 0.392. The summed E-state index contributed by atoms with van der Waals surface area (Å²) in [5, 5.41) is 7.58. The summed E-state index contributed by atoms with van der Waals surface area (Å²) in [4.78, 5) is 8.59. The van der Waals surface area contributed by atoms with Crippen molar-refractivity contribution in [2.75, 3.05) is 6.54 Å². The first-order valence-electron chi connectivity index (χ1n) is 7.39. The van der Waals surface area contributed by atoms with Crippen LogP contribution in [-0.4, -0.2) is 27.7 Å². The molecule has 6 heteroatoms. The van der Waals surface area contributed by atoms with Gasteiger partial charge in [0.1, 0.15) is 0 Å². The fourth-order valence-corrected chi connectivity index (χ4v) is 2.54. The standard InChI is InChI=1S/C15H21BrN4O/c1-3-5-13(18-6-4-2)8-14-19-15(20-21-14)11-7-12(16)10-17-9-11/h7,9-10,13,18H,3-6,8H2,1-2H3. The van der Waals surface area contributed by atoms with Crippen LogP contribution in [0, 0.1) is 0 Å². The fourth-order valence-electron chi connectivity index (χ4n) is 2.17. The highest BCUT2D eigenvalue weighted by Crippen LogP contribution is 2.19. The molecule has 5 nitrogen and oxygen atoms in total. The van der Waals surface area contributed by atoms with E-state index in [0.29, 0.717) is 17.8 Å². The first-order chi connectivity index (χ1) is 10.2. The quantitative estimate of drug-likeness (QED) is 0.786. The van der Waals surface area contributed by atoms with Crippen molar-refractivity contribution in [1.82, 2.24) is 20.4 Å². The number of aromatic nitrogens is 3. The van der Waals surface area contributed by atoms with Crippen LogP contribution in [0.3, 0.4) is 0 Å². The molecule has 1 atom stereocenters. The Morgan fingerprint density at radius 2 is 2.14 bits per heavy atom. The predicted molar refractivity (Wildman–Crippen MR) is 85.9 cm³/mol. The highest BCUT2D eigenvalue weighted by atomic mass is 79.9. The van der Waals surface area contributed by atoms with E-state index >= 15 is 0 Å². The Balaban J connectivity index is 2.04. The molecule has 1 N–H and O–H groups in total. The van der Waals surface area contributed by atoms with E-state index in [-0.39, 0.29) is 0 Å². The molecule has 2 heterocycles. The van der Waals surface area contributed by atoms with Crippen molar-refractivity contribution < 1.29 is 4.52 Å². The molecule has 0 aromatic carbocycles. The van der Waals surface area contributed by atoms with Crippen molar-refractivity contribution in [2.45, 2.75) is 45.6 Å². The lowest BCUT2D eigenvalue weighted by Gasteiger charge is -2.15. The molecule has 0 bridgehead atoms. The third-order valence-electron chi connectivity index (χ3n) is 3.17. The first kappa shape index (κ1) is 16.1. The van der Waals surface area contributed by atoms with Crippen molar-refractivity contribution in [1.29, 1.82) is 0 Å². The highest BCUT2D eigenvalue weighted by molar-refractivity contribution is 9.10. The minimum atomic E-state index is 0.392. The second kappa shape index (κ2) is 8.24. The van der Waals surface area contributed by atoms with Gasteiger partial charge in [0.15, 0.2) is 0 Å². The third-order valence-corrected chi connectivity index (χ3v) is 3.61. The molecule has 0 aliphatic heterocycles. The molecule has 0 aliphatic carbocycles. The van der Waals surface area contributed by atoms with Crippen molar-refractivity contribution in [2.24, 2.45) is 0 Å². The van der Waals surface area contributed by atoms with Crippen LogP contribution in [0.4, 0.5) is 0 Å². The predicted octanol–water partition coefficient (Wildman–Crippen LogP) is 3.60. The summed E-state index contributed by atoms with van der Waals surface area (Å²) in [5.41, 5.74) is 0.855. The summed E-state index contributed by atoms with van der Waals surface area (Å²) in [6.45, 7) is 5.37. The summed E-state index contributed by atoms with van der Waals surface area (Å²) >= 11 is 3.40. The molecular formula is C15H21BrN4O. The molecule has 21 heavy (non-hydrogen) atoms. The highest BCUT2D eigenvalue weighted by Gasteiger charge is 2.14. The smallest absolute Gasteiger partial charge is 0.228 e. The Labute approximate surface area is 133 Å². The third kappa shape index (κ3) is 4.89. The SMILES string of the molecule is CCCNC(CCC)Cc1nc(-c2cncc(Br)c2)no1. The molecule has 0 saturated heterocycles. The monoisotopic (exact) mass is 352 g/mol. The number of pyridine rings is 1. The normalized spacial score (nSPS) is 12.5. The van der Waals surface area contributed by atoms with Crippen molar-refractivity contribution in [3.8, 4) is 11.4 Å². The second-order valence-corrected chi connectivity index (χ2v) is 5.96. The Bertz CT molecular complexity index is 558. The summed E-state index contributed by atoms with van der Waals surface area (Å²) in [6.07, 6.45) is 7.60. The average molecular weight is 353 g/mol. The topological polar surface area (TPSA) is 63.8 Å². The lowest BCUT2D eigenvalue weighted by molar-refractivity contribution is 0.350. The Morgan fingerprint density at radius 3 is 2.86 bits per heavy atom. The zero-order chi connectivity index (χ0) is 15.1. The molecule has 1 unspecified atom stereocenters. The largest absolute Gasteiger partial charge is 0.339 e. The van der Waals surface area contributed by atoms with Crippen molar-refractivity contribution in [3.63, 3.8) is 0 Å². The number of hydrogen-bond acceptors (Lipinski definition) is 5. The van der Waals surface area contributed by atoms with Crippen LogP contribution >= 0.6 is 15.9 Å². The van der Waals surface area contributed by atoms with Crippen LogP contribution in [0.1, 0.15) is 39.0 Å². The Kier molecular flexibility index (Phi) is 6.32. The van der Waals surface area contributed by atoms with E-state index < -0.39 is 0 Å². The molecular weight excluding hydrogens is 332 g/mol. The van der Waals surface area contributed by atoms with Gasteiger partial charge in [-0.15, -0.1) is 0 Å². The average Bonchev–Trinajstić information content (AvgIpc) is 2.93. The first-order valence-corrected chi connectivity index (χ1v) is 8.19. The maximum absolute atomic E-state index is 5.37. The summed E-state index contributed by atoms with van der Waals surface area (Å²) < 4.78 is 6.27. The molecule has 2 rings (SSSR count). The molecule has 0 fully saturated rings. The van der Waals surface area contributed by atoms with Crippen LogP contribution in [0.5, 0.6) is 0 Å². The second-order valence-electron chi connectivity index (χ2n) is 5.05. The maximum Gasteiger partial charge on any atom is 0.228 e. The fraction of sp³-hybridized carbons (Fsp3) is 0.533. The lowest BCUT2D eigenvalue weighted by atomic mass is 10.1. The lowest BCUT2D eigenvalue weighted by Crippen LogP contribution is -2.31. The molecule has 2 aromatic rings. The van der Waals surface area contributed by atoms with Gasteiger partial charge in [-0.05, 0) is 41.4 Å². The van der Waals surface area contributed by atoms with Gasteiger partial charge in [0.25, 0.3) is 0 Å². The zero-order valence-corrected chi connectivity index (χ0v) is 14.1. The van der Waals surface area contributed by atoms with Crippen LogP contribution < -0.4 is 5.32 Å². The van der Waals surface area contributed by atoms with E-state index in [1.165, 1.54) is 0 Å². The van der Waals surface area contributed by atoms with Gasteiger partial charge in [0.05, 0.1) is 0 Å². The molecule has 114 valence electrons. The Morgan fingerprint density at radius 1 is 1.29 bits per heavy atom. The van der Waals surface area contributed by atoms with Gasteiger partial charge in [-0.3, -0.25) is 4.98 Å². The van der Waals surface area contributed by atoms with Crippen LogP contribution in [0.25, 0.3) is 11.4 Å². The number of halogens is 1. The van der Waals surface area contributed by atoms with Gasteiger partial charge in [-0.2, -0.15) is 4.98 Å². The van der Waals surface area contributed by atoms with Crippen LogP contribution in [0.15, 0.2) is 27.5 Å². The van der Waals surface area contributed by atoms with Gasteiger partial charge < -0.3 is 9.84 Å². The van der Waals surface area contributed by atoms with Gasteiger partial charge in [-0.1, -0.05) is 25.4 Å². The van der Waals surface area contributed by atoms with Crippen molar-refractivity contribution in [3.05, 3.63) is 28.8 Å². The minimum Gasteiger partial charge on any atom is -0.339 e. The van der Waals surface area contributed by atoms with Gasteiger partial charge in [-0.25, -0.2) is 0 Å². The summed E-state index contributed by atoms with van der Waals surface area (Å²) in [7, 11) is 0. The van der Waals surface area contributed by atoms with E-state index in [9.17, 15) is 0 Å². The summed E-state index contributed by atoms with van der Waals surface area (Å²) in [6, 6.07) is 2.32. The number of nitrogens with one attached hydrogen (secondary N) is 1. The molecule has 0 radical (unpaired) electrons.